The molecule has 0 amide bonds. The fourth-order valence-corrected chi connectivity index (χ4v) is 10.2. The number of anilines is 2. The van der Waals surface area contributed by atoms with Crippen LogP contribution in [0.25, 0.3) is 50.3 Å². The molecule has 2 atom stereocenters. The highest BCUT2D eigenvalue weighted by atomic mass is 15.2. The zero-order valence-corrected chi connectivity index (χ0v) is 31.6. The lowest BCUT2D eigenvalue weighted by atomic mass is 9.71. The highest BCUT2D eigenvalue weighted by Gasteiger charge is 2.51. The Kier molecular flexibility index (Phi) is 6.77. The van der Waals surface area contributed by atoms with Crippen LogP contribution in [0.4, 0.5) is 11.4 Å². The van der Waals surface area contributed by atoms with Crippen molar-refractivity contribution in [3.63, 3.8) is 0 Å². The van der Waals surface area contributed by atoms with Gasteiger partial charge in [0.2, 0.25) is 0 Å². The van der Waals surface area contributed by atoms with Gasteiger partial charge in [-0.15, -0.1) is 0 Å². The Morgan fingerprint density at radius 3 is 1.82 bits per heavy atom. The van der Waals surface area contributed by atoms with Gasteiger partial charge in [0, 0.05) is 22.1 Å². The molecule has 3 nitrogen and oxygen atoms in total. The Hall–Kier alpha value is -6.32. The molecule has 0 saturated heterocycles. The van der Waals surface area contributed by atoms with E-state index in [0.29, 0.717) is 0 Å². The molecule has 3 aliphatic carbocycles. The van der Waals surface area contributed by atoms with Crippen molar-refractivity contribution < 1.29 is 0 Å². The number of allylic oxidation sites excluding steroid dienone is 2. The molecule has 11 rings (SSSR count). The minimum absolute atomic E-state index is 0.0370. The Labute approximate surface area is 323 Å². The van der Waals surface area contributed by atoms with Crippen molar-refractivity contribution in [1.29, 1.82) is 0 Å². The first-order valence-corrected chi connectivity index (χ1v) is 19.5. The first-order valence-electron chi connectivity index (χ1n) is 19.5. The average molecular weight is 708 g/mol. The van der Waals surface area contributed by atoms with Crippen molar-refractivity contribution >= 4 is 16.9 Å². The number of nitrogens with zero attached hydrogens (tertiary/aromatic N) is 3. The molecular weight excluding hydrogens is 667 g/mol. The summed E-state index contributed by atoms with van der Waals surface area (Å²) in [5, 5.41) is 0. The van der Waals surface area contributed by atoms with E-state index in [9.17, 15) is 0 Å². The summed E-state index contributed by atoms with van der Waals surface area (Å²) in [6.07, 6.45) is 6.91. The lowest BCUT2D eigenvalue weighted by molar-refractivity contribution is 0.552. The van der Waals surface area contributed by atoms with Crippen LogP contribution in [0, 0.1) is 0 Å². The SMILES string of the molecule is CC1(C)C2=C(C=CC3C2c2nc(-c4ccc5c(c4)C(C)(C)c4ccccc4-5)ncc2N3c2cc(-c3ccccc3)cc(-c3ccccc3)c2)c2ccccc21. The summed E-state index contributed by atoms with van der Waals surface area (Å²) in [5.41, 5.74) is 19.7. The van der Waals surface area contributed by atoms with Crippen LogP contribution in [-0.2, 0) is 10.8 Å². The maximum Gasteiger partial charge on any atom is 0.159 e. The van der Waals surface area contributed by atoms with Crippen LogP contribution in [0.5, 0.6) is 0 Å². The van der Waals surface area contributed by atoms with Gasteiger partial charge in [0.1, 0.15) is 0 Å². The number of hydrogen-bond donors (Lipinski definition) is 0. The summed E-state index contributed by atoms with van der Waals surface area (Å²) in [4.78, 5) is 13.4. The van der Waals surface area contributed by atoms with Gasteiger partial charge in [-0.1, -0.05) is 161 Å². The smallest absolute Gasteiger partial charge is 0.159 e. The van der Waals surface area contributed by atoms with Crippen LogP contribution in [0.2, 0.25) is 0 Å². The predicted molar refractivity (Wildman–Crippen MR) is 227 cm³/mol. The third-order valence-electron chi connectivity index (χ3n) is 12.9. The van der Waals surface area contributed by atoms with E-state index in [4.69, 9.17) is 9.97 Å². The largest absolute Gasteiger partial charge is 0.331 e. The zero-order valence-electron chi connectivity index (χ0n) is 31.6. The quantitative estimate of drug-likeness (QED) is 0.182. The van der Waals surface area contributed by atoms with E-state index in [-0.39, 0.29) is 22.8 Å². The maximum atomic E-state index is 5.64. The Morgan fingerprint density at radius 2 is 1.13 bits per heavy atom. The summed E-state index contributed by atoms with van der Waals surface area (Å²) in [6.45, 7) is 9.48. The number of hydrogen-bond acceptors (Lipinski definition) is 3. The van der Waals surface area contributed by atoms with Gasteiger partial charge in [-0.3, -0.25) is 0 Å². The van der Waals surface area contributed by atoms with Crippen molar-refractivity contribution in [2.45, 2.75) is 50.5 Å². The summed E-state index contributed by atoms with van der Waals surface area (Å²) >= 11 is 0. The lowest BCUT2D eigenvalue weighted by Crippen LogP contribution is -2.34. The zero-order chi connectivity index (χ0) is 37.1. The predicted octanol–water partition coefficient (Wildman–Crippen LogP) is 12.7. The fourth-order valence-electron chi connectivity index (χ4n) is 10.2. The normalized spacial score (nSPS) is 19.0. The van der Waals surface area contributed by atoms with Gasteiger partial charge in [0.25, 0.3) is 0 Å². The molecule has 1 aromatic heterocycles. The molecule has 0 saturated carbocycles. The van der Waals surface area contributed by atoms with E-state index in [1.807, 2.05) is 0 Å². The van der Waals surface area contributed by atoms with Crippen molar-refractivity contribution in [3.8, 4) is 44.8 Å². The Balaban J connectivity index is 1.11. The average Bonchev–Trinajstić information content (AvgIpc) is 3.77. The highest BCUT2D eigenvalue weighted by Crippen LogP contribution is 2.60. The maximum absolute atomic E-state index is 5.64. The topological polar surface area (TPSA) is 29.0 Å². The second-order valence-corrected chi connectivity index (χ2v) is 16.6. The van der Waals surface area contributed by atoms with Crippen molar-refractivity contribution in [2.75, 3.05) is 4.90 Å². The number of fused-ring (bicyclic) bond motifs is 9. The minimum Gasteiger partial charge on any atom is -0.331 e. The van der Waals surface area contributed by atoms with Gasteiger partial charge in [0.15, 0.2) is 5.82 Å². The number of benzene rings is 6. The standard InChI is InChI=1S/C52H41N3/c1-51(2)42-21-13-11-19-38(42)40-24-23-34(30-44(40)51)50-53-31-46-49(54-50)47-45(26-25-41-39-20-12-14-22-43(39)52(3,4)48(41)47)55(46)37-28-35(32-15-7-5-8-16-32)27-36(29-37)33-17-9-6-10-18-33/h5-31,45,47H,1-4H3. The molecule has 4 aliphatic rings. The van der Waals surface area contributed by atoms with Gasteiger partial charge in [-0.2, -0.15) is 0 Å². The molecule has 1 aliphatic heterocycles. The Morgan fingerprint density at radius 1 is 0.527 bits per heavy atom. The van der Waals surface area contributed by atoms with Crippen molar-refractivity contribution in [2.24, 2.45) is 0 Å². The minimum atomic E-state index is -0.164. The van der Waals surface area contributed by atoms with E-state index in [2.05, 4.69) is 197 Å². The summed E-state index contributed by atoms with van der Waals surface area (Å²) in [6, 6.07) is 53.2. The molecule has 3 heteroatoms. The summed E-state index contributed by atoms with van der Waals surface area (Å²) in [5.74, 6) is 0.830. The first kappa shape index (κ1) is 32.1. The molecule has 0 spiro atoms. The molecule has 0 radical (unpaired) electrons. The molecule has 6 aromatic carbocycles. The van der Waals surface area contributed by atoms with Crippen molar-refractivity contribution in [3.05, 3.63) is 197 Å². The van der Waals surface area contributed by atoms with Crippen LogP contribution < -0.4 is 4.90 Å². The van der Waals surface area contributed by atoms with E-state index < -0.39 is 0 Å². The monoisotopic (exact) mass is 707 g/mol. The molecule has 264 valence electrons. The molecule has 2 heterocycles. The van der Waals surface area contributed by atoms with Crippen molar-refractivity contribution in [1.82, 2.24) is 9.97 Å². The molecule has 0 bridgehead atoms. The third kappa shape index (κ3) is 4.62. The van der Waals surface area contributed by atoms with Gasteiger partial charge in [0.05, 0.1) is 29.5 Å². The van der Waals surface area contributed by atoms with E-state index in [1.54, 1.807) is 0 Å². The van der Waals surface area contributed by atoms with Gasteiger partial charge < -0.3 is 4.90 Å². The molecule has 55 heavy (non-hydrogen) atoms. The second kappa shape index (κ2) is 11.6. The van der Waals surface area contributed by atoms with Gasteiger partial charge in [-0.05, 0) is 91.0 Å². The fraction of sp³-hybridized carbons (Fsp3) is 0.154. The molecule has 7 aromatic rings. The molecule has 0 fully saturated rings. The second-order valence-electron chi connectivity index (χ2n) is 16.6. The van der Waals surface area contributed by atoms with E-state index >= 15 is 0 Å². The van der Waals surface area contributed by atoms with Crippen LogP contribution in [0.3, 0.4) is 0 Å². The Bertz CT molecular complexity index is 2710. The van der Waals surface area contributed by atoms with E-state index in [1.165, 1.54) is 66.8 Å². The van der Waals surface area contributed by atoms with Gasteiger partial charge >= 0.3 is 0 Å². The summed E-state index contributed by atoms with van der Waals surface area (Å²) < 4.78 is 0. The number of aromatic nitrogens is 2. The molecule has 2 unspecified atom stereocenters. The van der Waals surface area contributed by atoms with E-state index in [0.717, 1.165) is 28.5 Å². The van der Waals surface area contributed by atoms with Crippen LogP contribution in [0.1, 0.15) is 61.6 Å². The highest BCUT2D eigenvalue weighted by molar-refractivity contribution is 5.92. The molecule has 0 N–H and O–H groups in total. The first-order chi connectivity index (χ1) is 26.8. The van der Waals surface area contributed by atoms with Gasteiger partial charge in [-0.25, -0.2) is 9.97 Å². The summed E-state index contributed by atoms with van der Waals surface area (Å²) in [7, 11) is 0. The van der Waals surface area contributed by atoms with Crippen LogP contribution >= 0.6 is 0 Å². The van der Waals surface area contributed by atoms with Crippen LogP contribution in [0.15, 0.2) is 170 Å². The lowest BCUT2D eigenvalue weighted by Gasteiger charge is -2.36. The van der Waals surface area contributed by atoms with Crippen LogP contribution in [-0.4, -0.2) is 16.0 Å². The third-order valence-corrected chi connectivity index (χ3v) is 12.9. The molecular formula is C52H41N3. The number of rotatable bonds is 4.